The lowest BCUT2D eigenvalue weighted by Crippen LogP contribution is -2.26. The van der Waals surface area contributed by atoms with Crippen LogP contribution < -0.4 is 5.56 Å². The molecule has 0 saturated heterocycles. The van der Waals surface area contributed by atoms with Crippen molar-refractivity contribution < 1.29 is 4.79 Å². The summed E-state index contributed by atoms with van der Waals surface area (Å²) in [5.74, 6) is 0.238. The van der Waals surface area contributed by atoms with Gasteiger partial charge in [-0.2, -0.15) is 5.10 Å². The van der Waals surface area contributed by atoms with E-state index in [-0.39, 0.29) is 18.0 Å². The molecule has 0 bridgehead atoms. The Hall–Kier alpha value is -4.30. The van der Waals surface area contributed by atoms with Crippen molar-refractivity contribution in [2.24, 2.45) is 0 Å². The van der Waals surface area contributed by atoms with Crippen LogP contribution in [-0.2, 0) is 11.3 Å². The number of nitrogens with zero attached hydrogens (tertiary/aromatic N) is 4. The lowest BCUT2D eigenvalue weighted by atomic mass is 10.1. The average molecular weight is 468 g/mol. The standard InChI is InChI=1S/C26H21N5O2S/c1-30(17-22-27-21-14-15-34-25(21)26(33)28-22)23(32)13-12-19-16-31(20-10-6-3-7-11-20)29-24(19)18-8-4-2-5-9-18/h2-16H,17H2,1H3,(H,27,28,33)/b13-12+. The Morgan fingerprint density at radius 1 is 1.09 bits per heavy atom. The number of thiophene rings is 1. The molecule has 1 amide bonds. The third-order valence-corrected chi connectivity index (χ3v) is 6.25. The van der Waals surface area contributed by atoms with E-state index in [2.05, 4.69) is 9.97 Å². The predicted molar refractivity (Wildman–Crippen MR) is 135 cm³/mol. The van der Waals surface area contributed by atoms with E-state index in [1.165, 1.54) is 22.3 Å². The van der Waals surface area contributed by atoms with Crippen molar-refractivity contribution in [3.8, 4) is 16.9 Å². The number of amides is 1. The van der Waals surface area contributed by atoms with E-state index < -0.39 is 0 Å². The van der Waals surface area contributed by atoms with Crippen molar-refractivity contribution in [2.45, 2.75) is 6.54 Å². The Balaban J connectivity index is 1.40. The molecule has 0 aliphatic carbocycles. The summed E-state index contributed by atoms with van der Waals surface area (Å²) in [6.45, 7) is 0.193. The fourth-order valence-electron chi connectivity index (χ4n) is 3.63. The fourth-order valence-corrected chi connectivity index (χ4v) is 4.36. The third kappa shape index (κ3) is 4.44. The van der Waals surface area contributed by atoms with E-state index >= 15 is 0 Å². The number of fused-ring (bicyclic) bond motifs is 1. The number of rotatable bonds is 6. The minimum atomic E-state index is -0.209. The largest absolute Gasteiger partial charge is 0.335 e. The van der Waals surface area contributed by atoms with Gasteiger partial charge in [-0.1, -0.05) is 48.5 Å². The molecule has 0 saturated carbocycles. The van der Waals surface area contributed by atoms with Crippen LogP contribution in [0.2, 0.25) is 0 Å². The van der Waals surface area contributed by atoms with Gasteiger partial charge in [-0.3, -0.25) is 9.59 Å². The maximum atomic E-state index is 12.8. The minimum Gasteiger partial charge on any atom is -0.335 e. The van der Waals surface area contributed by atoms with Gasteiger partial charge in [0.25, 0.3) is 5.56 Å². The summed E-state index contributed by atoms with van der Waals surface area (Å²) in [6, 6.07) is 21.5. The molecule has 0 atom stereocenters. The SMILES string of the molecule is CN(Cc1nc2ccsc2c(=O)[nH]1)C(=O)/C=C/c1cn(-c2ccccc2)nc1-c1ccccc1. The van der Waals surface area contributed by atoms with Gasteiger partial charge in [-0.15, -0.1) is 11.3 Å². The maximum Gasteiger partial charge on any atom is 0.268 e. The summed E-state index contributed by atoms with van der Waals surface area (Å²) < 4.78 is 2.39. The summed E-state index contributed by atoms with van der Waals surface area (Å²) in [6.07, 6.45) is 5.19. The van der Waals surface area contributed by atoms with Crippen molar-refractivity contribution in [1.82, 2.24) is 24.6 Å². The monoisotopic (exact) mass is 467 g/mol. The van der Waals surface area contributed by atoms with Crippen molar-refractivity contribution in [3.63, 3.8) is 0 Å². The van der Waals surface area contributed by atoms with E-state index in [9.17, 15) is 9.59 Å². The van der Waals surface area contributed by atoms with Crippen LogP contribution in [0.3, 0.4) is 0 Å². The molecule has 7 nitrogen and oxygen atoms in total. The van der Waals surface area contributed by atoms with Crippen molar-refractivity contribution >= 4 is 33.5 Å². The molecule has 8 heteroatoms. The second-order valence-corrected chi connectivity index (χ2v) is 8.67. The molecule has 34 heavy (non-hydrogen) atoms. The second-order valence-electron chi connectivity index (χ2n) is 7.75. The summed E-state index contributed by atoms with van der Waals surface area (Å²) in [7, 11) is 1.68. The number of aromatic nitrogens is 4. The van der Waals surface area contributed by atoms with Crippen LogP contribution in [0.15, 0.2) is 89.2 Å². The number of carbonyl (C=O) groups is 1. The summed E-state index contributed by atoms with van der Waals surface area (Å²) in [5.41, 5.74) is 3.95. The Morgan fingerprint density at radius 2 is 1.82 bits per heavy atom. The molecule has 3 heterocycles. The number of aromatic amines is 1. The normalized spacial score (nSPS) is 11.3. The smallest absolute Gasteiger partial charge is 0.268 e. The molecule has 0 aliphatic rings. The average Bonchev–Trinajstić information content (AvgIpc) is 3.51. The third-order valence-electron chi connectivity index (χ3n) is 5.34. The minimum absolute atomic E-state index is 0.188. The van der Waals surface area contributed by atoms with Crippen LogP contribution in [0.25, 0.3) is 33.2 Å². The number of hydrogen-bond donors (Lipinski definition) is 1. The first kappa shape index (κ1) is 21.5. The second kappa shape index (κ2) is 9.29. The van der Waals surface area contributed by atoms with Gasteiger partial charge in [0.2, 0.25) is 5.91 Å². The Morgan fingerprint density at radius 3 is 2.59 bits per heavy atom. The van der Waals surface area contributed by atoms with Gasteiger partial charge in [-0.05, 0) is 29.7 Å². The van der Waals surface area contributed by atoms with Gasteiger partial charge >= 0.3 is 0 Å². The summed E-state index contributed by atoms with van der Waals surface area (Å²) >= 11 is 1.35. The molecule has 0 radical (unpaired) electrons. The van der Waals surface area contributed by atoms with Crippen LogP contribution in [0, 0.1) is 0 Å². The van der Waals surface area contributed by atoms with Crippen LogP contribution in [0.4, 0.5) is 0 Å². The molecule has 5 aromatic rings. The first-order chi connectivity index (χ1) is 16.6. The first-order valence-electron chi connectivity index (χ1n) is 10.7. The molecule has 0 fully saturated rings. The highest BCUT2D eigenvalue weighted by Crippen LogP contribution is 2.25. The van der Waals surface area contributed by atoms with E-state index in [1.54, 1.807) is 23.9 Å². The van der Waals surface area contributed by atoms with E-state index in [0.717, 1.165) is 22.5 Å². The molecular formula is C26H21N5O2S. The highest BCUT2D eigenvalue weighted by molar-refractivity contribution is 7.17. The number of para-hydroxylation sites is 1. The zero-order valence-corrected chi connectivity index (χ0v) is 19.2. The predicted octanol–water partition coefficient (Wildman–Crippen LogP) is 4.51. The van der Waals surface area contributed by atoms with E-state index in [4.69, 9.17) is 5.10 Å². The zero-order chi connectivity index (χ0) is 23.5. The zero-order valence-electron chi connectivity index (χ0n) is 18.4. The van der Waals surface area contributed by atoms with Gasteiger partial charge in [0.15, 0.2) is 0 Å². The Kier molecular flexibility index (Phi) is 5.88. The topological polar surface area (TPSA) is 83.9 Å². The number of benzene rings is 2. The van der Waals surface area contributed by atoms with Crippen molar-refractivity contribution in [2.75, 3.05) is 7.05 Å². The first-order valence-corrected chi connectivity index (χ1v) is 11.6. The number of likely N-dealkylation sites (N-methyl/N-ethyl adjacent to an activating group) is 1. The lowest BCUT2D eigenvalue weighted by Gasteiger charge is -2.14. The van der Waals surface area contributed by atoms with Crippen LogP contribution in [-0.4, -0.2) is 37.6 Å². The molecule has 168 valence electrons. The number of nitrogens with one attached hydrogen (secondary N) is 1. The lowest BCUT2D eigenvalue weighted by molar-refractivity contribution is -0.125. The highest BCUT2D eigenvalue weighted by atomic mass is 32.1. The summed E-state index contributed by atoms with van der Waals surface area (Å²) in [5, 5.41) is 6.59. The van der Waals surface area contributed by atoms with Crippen LogP contribution in [0.5, 0.6) is 0 Å². The van der Waals surface area contributed by atoms with Crippen LogP contribution >= 0.6 is 11.3 Å². The van der Waals surface area contributed by atoms with Crippen LogP contribution in [0.1, 0.15) is 11.4 Å². The number of carbonyl (C=O) groups excluding carboxylic acids is 1. The molecule has 3 aromatic heterocycles. The van der Waals surface area contributed by atoms with Gasteiger partial charge in [0, 0.05) is 30.4 Å². The van der Waals surface area contributed by atoms with Crippen molar-refractivity contribution in [3.05, 3.63) is 106 Å². The van der Waals surface area contributed by atoms with Crippen molar-refractivity contribution in [1.29, 1.82) is 0 Å². The molecule has 2 aromatic carbocycles. The number of hydrogen-bond acceptors (Lipinski definition) is 5. The van der Waals surface area contributed by atoms with Gasteiger partial charge in [-0.25, -0.2) is 9.67 Å². The summed E-state index contributed by atoms with van der Waals surface area (Å²) in [4.78, 5) is 33.8. The Bertz CT molecular complexity index is 1530. The fraction of sp³-hybridized carbons (Fsp3) is 0.0769. The highest BCUT2D eigenvalue weighted by Gasteiger charge is 2.13. The Labute approximate surface area is 199 Å². The van der Waals surface area contributed by atoms with Gasteiger partial charge in [0.05, 0.1) is 23.4 Å². The van der Waals surface area contributed by atoms with E-state index in [0.29, 0.717) is 16.0 Å². The quantitative estimate of drug-likeness (QED) is 0.373. The molecule has 1 N–H and O–H groups in total. The van der Waals surface area contributed by atoms with E-state index in [1.807, 2.05) is 72.2 Å². The molecular weight excluding hydrogens is 446 g/mol. The van der Waals surface area contributed by atoms with Gasteiger partial charge in [0.1, 0.15) is 10.5 Å². The van der Waals surface area contributed by atoms with Gasteiger partial charge < -0.3 is 9.88 Å². The molecule has 0 spiro atoms. The molecule has 5 rings (SSSR count). The number of H-pyrrole nitrogens is 1. The maximum absolute atomic E-state index is 12.8. The molecule has 0 aliphatic heterocycles. The molecule has 0 unspecified atom stereocenters.